The monoisotopic (exact) mass is 256 g/mol. The molecule has 0 atom stereocenters. The Labute approximate surface area is 90.4 Å². The van der Waals surface area contributed by atoms with E-state index in [0.29, 0.717) is 16.0 Å². The standard InChI is InChI=1S/C10H10BrFN2/c11-7-3-1-4-8(12)10(7)14-6-2-5-9(14)13/h1,3-4,13H,2,5-6H2. The summed E-state index contributed by atoms with van der Waals surface area (Å²) in [6, 6.07) is 4.87. The molecule has 1 aliphatic heterocycles. The average molecular weight is 257 g/mol. The Balaban J connectivity index is 2.44. The lowest BCUT2D eigenvalue weighted by Gasteiger charge is -2.19. The van der Waals surface area contributed by atoms with Crippen molar-refractivity contribution in [3.05, 3.63) is 28.5 Å². The topological polar surface area (TPSA) is 27.1 Å². The molecular formula is C10H10BrFN2. The molecule has 0 aromatic heterocycles. The maximum atomic E-state index is 13.5. The first-order valence-corrected chi connectivity index (χ1v) is 5.28. The fourth-order valence-corrected chi connectivity index (χ4v) is 2.22. The van der Waals surface area contributed by atoms with E-state index in [1.807, 2.05) is 0 Å². The third kappa shape index (κ3) is 1.54. The smallest absolute Gasteiger partial charge is 0.148 e. The van der Waals surface area contributed by atoms with Gasteiger partial charge >= 0.3 is 0 Å². The van der Waals surface area contributed by atoms with Crippen LogP contribution >= 0.6 is 15.9 Å². The Kier molecular flexibility index (Phi) is 2.54. The molecule has 1 aromatic rings. The lowest BCUT2D eigenvalue weighted by atomic mass is 10.3. The summed E-state index contributed by atoms with van der Waals surface area (Å²) in [6.07, 6.45) is 1.67. The van der Waals surface area contributed by atoms with E-state index in [4.69, 9.17) is 5.41 Å². The van der Waals surface area contributed by atoms with Gasteiger partial charge in [0.2, 0.25) is 0 Å². The van der Waals surface area contributed by atoms with Crippen molar-refractivity contribution in [1.29, 1.82) is 5.41 Å². The predicted octanol–water partition coefficient (Wildman–Crippen LogP) is 3.17. The highest BCUT2D eigenvalue weighted by Crippen LogP contribution is 2.32. The zero-order valence-electron chi connectivity index (χ0n) is 7.56. The third-order valence-corrected chi connectivity index (χ3v) is 2.97. The lowest BCUT2D eigenvalue weighted by Crippen LogP contribution is -2.24. The summed E-state index contributed by atoms with van der Waals surface area (Å²) in [7, 11) is 0. The molecule has 2 rings (SSSR count). The Morgan fingerprint density at radius 1 is 1.43 bits per heavy atom. The fourth-order valence-electron chi connectivity index (χ4n) is 1.67. The number of hydrogen-bond acceptors (Lipinski definition) is 1. The molecule has 0 bridgehead atoms. The van der Waals surface area contributed by atoms with Crippen molar-refractivity contribution in [1.82, 2.24) is 0 Å². The summed E-state index contributed by atoms with van der Waals surface area (Å²) >= 11 is 3.31. The SMILES string of the molecule is N=C1CCCN1c1c(F)cccc1Br. The summed E-state index contributed by atoms with van der Waals surface area (Å²) < 4.78 is 14.2. The van der Waals surface area contributed by atoms with Gasteiger partial charge in [0.1, 0.15) is 11.7 Å². The van der Waals surface area contributed by atoms with Crippen LogP contribution in [0.25, 0.3) is 0 Å². The minimum atomic E-state index is -0.272. The summed E-state index contributed by atoms with van der Waals surface area (Å²) in [5.74, 6) is 0.224. The van der Waals surface area contributed by atoms with Gasteiger partial charge in [-0.25, -0.2) is 4.39 Å². The molecule has 1 aromatic carbocycles. The first-order chi connectivity index (χ1) is 6.70. The zero-order chi connectivity index (χ0) is 10.1. The van der Waals surface area contributed by atoms with E-state index < -0.39 is 0 Å². The van der Waals surface area contributed by atoms with Crippen molar-refractivity contribution in [2.24, 2.45) is 0 Å². The number of anilines is 1. The van der Waals surface area contributed by atoms with Crippen molar-refractivity contribution in [3.63, 3.8) is 0 Å². The quantitative estimate of drug-likeness (QED) is 0.821. The lowest BCUT2D eigenvalue weighted by molar-refractivity contribution is 0.626. The van der Waals surface area contributed by atoms with Crippen LogP contribution in [0.15, 0.2) is 22.7 Å². The van der Waals surface area contributed by atoms with Gasteiger partial charge in [0.25, 0.3) is 0 Å². The number of benzene rings is 1. The van der Waals surface area contributed by atoms with Crippen molar-refractivity contribution < 1.29 is 4.39 Å². The molecule has 1 aliphatic rings. The first kappa shape index (κ1) is 9.65. The summed E-state index contributed by atoms with van der Waals surface area (Å²) in [6.45, 7) is 0.734. The van der Waals surface area contributed by atoms with Crippen LogP contribution < -0.4 is 4.90 Å². The van der Waals surface area contributed by atoms with Crippen LogP contribution in [0.5, 0.6) is 0 Å². The summed E-state index contributed by atoms with van der Waals surface area (Å²) in [4.78, 5) is 1.72. The van der Waals surface area contributed by atoms with Gasteiger partial charge in [-0.05, 0) is 34.5 Å². The molecule has 1 N–H and O–H groups in total. The number of nitrogens with one attached hydrogen (secondary N) is 1. The highest BCUT2D eigenvalue weighted by Gasteiger charge is 2.22. The van der Waals surface area contributed by atoms with Gasteiger partial charge in [-0.1, -0.05) is 6.07 Å². The van der Waals surface area contributed by atoms with Crippen molar-refractivity contribution in [3.8, 4) is 0 Å². The first-order valence-electron chi connectivity index (χ1n) is 4.49. The highest BCUT2D eigenvalue weighted by molar-refractivity contribution is 9.10. The summed E-state index contributed by atoms with van der Waals surface area (Å²) in [5.41, 5.74) is 0.495. The molecule has 1 heterocycles. The molecule has 4 heteroatoms. The molecule has 2 nitrogen and oxygen atoms in total. The van der Waals surface area contributed by atoms with Crippen LogP contribution in [0, 0.1) is 11.2 Å². The van der Waals surface area contributed by atoms with Gasteiger partial charge in [0, 0.05) is 17.4 Å². The van der Waals surface area contributed by atoms with E-state index in [9.17, 15) is 4.39 Å². The maximum Gasteiger partial charge on any atom is 0.148 e. The van der Waals surface area contributed by atoms with Crippen molar-refractivity contribution in [2.45, 2.75) is 12.8 Å². The Morgan fingerprint density at radius 3 is 2.79 bits per heavy atom. The van der Waals surface area contributed by atoms with Crippen LogP contribution in [0.2, 0.25) is 0 Å². The van der Waals surface area contributed by atoms with Crippen LogP contribution in [-0.4, -0.2) is 12.4 Å². The van der Waals surface area contributed by atoms with E-state index in [1.165, 1.54) is 6.07 Å². The molecule has 1 saturated heterocycles. The second-order valence-electron chi connectivity index (χ2n) is 3.27. The van der Waals surface area contributed by atoms with E-state index in [2.05, 4.69) is 15.9 Å². The number of nitrogens with zero attached hydrogens (tertiary/aromatic N) is 1. The number of amidine groups is 1. The summed E-state index contributed by atoms with van der Waals surface area (Å²) in [5, 5.41) is 7.68. The largest absolute Gasteiger partial charge is 0.327 e. The van der Waals surface area contributed by atoms with E-state index >= 15 is 0 Å². The molecule has 0 aliphatic carbocycles. The fraction of sp³-hybridized carbons (Fsp3) is 0.300. The number of hydrogen-bond donors (Lipinski definition) is 1. The Morgan fingerprint density at radius 2 is 2.21 bits per heavy atom. The molecule has 0 spiro atoms. The molecular weight excluding hydrogens is 247 g/mol. The van der Waals surface area contributed by atoms with Crippen LogP contribution in [0.1, 0.15) is 12.8 Å². The molecule has 0 radical (unpaired) electrons. The minimum absolute atomic E-state index is 0.272. The number of rotatable bonds is 1. The molecule has 1 fully saturated rings. The van der Waals surface area contributed by atoms with Crippen LogP contribution in [-0.2, 0) is 0 Å². The second-order valence-corrected chi connectivity index (χ2v) is 4.13. The normalized spacial score (nSPS) is 16.4. The minimum Gasteiger partial charge on any atom is -0.327 e. The number of para-hydroxylation sites is 1. The highest BCUT2D eigenvalue weighted by atomic mass is 79.9. The molecule has 14 heavy (non-hydrogen) atoms. The van der Waals surface area contributed by atoms with Gasteiger partial charge in [0.15, 0.2) is 0 Å². The van der Waals surface area contributed by atoms with Gasteiger partial charge in [-0.15, -0.1) is 0 Å². The third-order valence-electron chi connectivity index (χ3n) is 2.33. The van der Waals surface area contributed by atoms with E-state index in [0.717, 1.165) is 19.4 Å². The van der Waals surface area contributed by atoms with E-state index in [1.54, 1.807) is 17.0 Å². The zero-order valence-corrected chi connectivity index (χ0v) is 9.14. The van der Waals surface area contributed by atoms with E-state index in [-0.39, 0.29) is 5.82 Å². The van der Waals surface area contributed by atoms with Crippen molar-refractivity contribution in [2.75, 3.05) is 11.4 Å². The van der Waals surface area contributed by atoms with Crippen LogP contribution in [0.3, 0.4) is 0 Å². The van der Waals surface area contributed by atoms with Crippen LogP contribution in [0.4, 0.5) is 10.1 Å². The van der Waals surface area contributed by atoms with Gasteiger partial charge in [-0.2, -0.15) is 0 Å². The maximum absolute atomic E-state index is 13.5. The van der Waals surface area contributed by atoms with Crippen molar-refractivity contribution >= 4 is 27.5 Å². The molecule has 0 saturated carbocycles. The van der Waals surface area contributed by atoms with Gasteiger partial charge < -0.3 is 4.90 Å². The molecule has 0 unspecified atom stereocenters. The molecule has 0 amide bonds. The number of halogens is 2. The van der Waals surface area contributed by atoms with Gasteiger partial charge in [0.05, 0.1) is 5.69 Å². The Hall–Kier alpha value is -0.900. The Bertz CT molecular complexity index is 358. The average Bonchev–Trinajstić information content (AvgIpc) is 2.52. The molecule has 74 valence electrons. The van der Waals surface area contributed by atoms with Gasteiger partial charge in [-0.3, -0.25) is 5.41 Å². The predicted molar refractivity (Wildman–Crippen MR) is 58.4 cm³/mol. The second kappa shape index (κ2) is 3.69.